The lowest BCUT2D eigenvalue weighted by Gasteiger charge is -2.11. The van der Waals surface area contributed by atoms with Crippen molar-refractivity contribution in [2.24, 2.45) is 0 Å². The van der Waals surface area contributed by atoms with Crippen LogP contribution in [0.2, 0.25) is 0 Å². The zero-order valence-electron chi connectivity index (χ0n) is 10.3. The Morgan fingerprint density at radius 2 is 2.30 bits per heavy atom. The molecule has 0 radical (unpaired) electrons. The Hall–Kier alpha value is -2.43. The number of hydrogen-bond acceptors (Lipinski definition) is 6. The molecule has 2 aromatic rings. The summed E-state index contributed by atoms with van der Waals surface area (Å²) in [6.45, 7) is 0.263. The van der Waals surface area contributed by atoms with Crippen LogP contribution in [0.3, 0.4) is 0 Å². The molecule has 0 bridgehead atoms. The van der Waals surface area contributed by atoms with Crippen molar-refractivity contribution in [1.82, 2.24) is 0 Å². The van der Waals surface area contributed by atoms with Gasteiger partial charge in [0.05, 0.1) is 11.0 Å². The highest BCUT2D eigenvalue weighted by atomic mass is 32.1. The topological polar surface area (TPSA) is 99.2 Å². The molecule has 1 atom stereocenters. The highest BCUT2D eigenvalue weighted by Gasteiger charge is 2.14. The van der Waals surface area contributed by atoms with E-state index in [-0.39, 0.29) is 17.8 Å². The Morgan fingerprint density at radius 3 is 2.90 bits per heavy atom. The second-order valence-electron chi connectivity index (χ2n) is 4.05. The van der Waals surface area contributed by atoms with Crippen LogP contribution in [-0.4, -0.2) is 16.6 Å². The fourth-order valence-electron chi connectivity index (χ4n) is 1.69. The lowest BCUT2D eigenvalue weighted by molar-refractivity contribution is -0.385. The molecule has 0 saturated heterocycles. The Bertz CT molecular complexity index is 649. The second kappa shape index (κ2) is 6.14. The summed E-state index contributed by atoms with van der Waals surface area (Å²) in [6, 6.07) is 7.81. The monoisotopic (exact) mass is 289 g/mol. The van der Waals surface area contributed by atoms with E-state index in [1.54, 1.807) is 6.07 Å². The summed E-state index contributed by atoms with van der Waals surface area (Å²) < 4.78 is 0. The third-order valence-electron chi connectivity index (χ3n) is 2.74. The van der Waals surface area contributed by atoms with Gasteiger partial charge in [-0.3, -0.25) is 10.1 Å². The first-order chi connectivity index (χ1) is 9.61. The van der Waals surface area contributed by atoms with Crippen LogP contribution in [0.4, 0.5) is 11.4 Å². The molecule has 7 heteroatoms. The first-order valence-electron chi connectivity index (χ1n) is 5.74. The molecule has 2 rings (SSSR count). The molecule has 0 saturated carbocycles. The number of aliphatic hydroxyl groups is 1. The molecule has 0 amide bonds. The maximum absolute atomic E-state index is 10.7. The number of nitro groups is 1. The van der Waals surface area contributed by atoms with Crippen LogP contribution in [0.15, 0.2) is 35.0 Å². The number of nitriles is 1. The molecular formula is C13H11N3O3S. The molecule has 2 N–H and O–H groups in total. The summed E-state index contributed by atoms with van der Waals surface area (Å²) in [5.41, 5.74) is 1.13. The number of nitrogens with one attached hydrogen (secondary N) is 1. The van der Waals surface area contributed by atoms with Gasteiger partial charge in [0.2, 0.25) is 0 Å². The van der Waals surface area contributed by atoms with Gasteiger partial charge < -0.3 is 10.4 Å². The van der Waals surface area contributed by atoms with E-state index in [9.17, 15) is 15.2 Å². The summed E-state index contributed by atoms with van der Waals surface area (Å²) >= 11 is 1.50. The van der Waals surface area contributed by atoms with Crippen molar-refractivity contribution < 1.29 is 10.0 Å². The van der Waals surface area contributed by atoms with Gasteiger partial charge in [-0.1, -0.05) is 0 Å². The van der Waals surface area contributed by atoms with E-state index in [1.807, 2.05) is 16.8 Å². The van der Waals surface area contributed by atoms with Gasteiger partial charge in [0.15, 0.2) is 0 Å². The number of nitrogens with zero attached hydrogens (tertiary/aromatic N) is 2. The average Bonchev–Trinajstić information content (AvgIpc) is 2.98. The SMILES string of the molecule is N#Cc1cc(NCC(O)c2ccsc2)ccc1[N+](=O)[O-]. The lowest BCUT2D eigenvalue weighted by atomic mass is 10.1. The molecule has 1 heterocycles. The Morgan fingerprint density at radius 1 is 1.50 bits per heavy atom. The third-order valence-corrected chi connectivity index (χ3v) is 3.44. The van der Waals surface area contributed by atoms with Crippen molar-refractivity contribution in [3.63, 3.8) is 0 Å². The third kappa shape index (κ3) is 3.12. The second-order valence-corrected chi connectivity index (χ2v) is 4.83. The van der Waals surface area contributed by atoms with Gasteiger partial charge in [-0.2, -0.15) is 16.6 Å². The number of nitro benzene ring substituents is 1. The molecule has 102 valence electrons. The molecule has 0 fully saturated rings. The van der Waals surface area contributed by atoms with E-state index in [2.05, 4.69) is 5.32 Å². The number of thiophene rings is 1. The van der Waals surface area contributed by atoms with Crippen molar-refractivity contribution in [2.75, 3.05) is 11.9 Å². The van der Waals surface area contributed by atoms with Gasteiger partial charge >= 0.3 is 0 Å². The average molecular weight is 289 g/mol. The quantitative estimate of drug-likeness (QED) is 0.651. The van der Waals surface area contributed by atoms with Crippen LogP contribution in [0.5, 0.6) is 0 Å². The summed E-state index contributed by atoms with van der Waals surface area (Å²) in [6.07, 6.45) is -0.665. The van der Waals surface area contributed by atoms with Gasteiger partial charge in [0.25, 0.3) is 5.69 Å². The van der Waals surface area contributed by atoms with Crippen molar-refractivity contribution in [1.29, 1.82) is 5.26 Å². The van der Waals surface area contributed by atoms with Crippen molar-refractivity contribution in [3.8, 4) is 6.07 Å². The summed E-state index contributed by atoms with van der Waals surface area (Å²) in [7, 11) is 0. The minimum Gasteiger partial charge on any atom is -0.387 e. The molecule has 20 heavy (non-hydrogen) atoms. The van der Waals surface area contributed by atoms with Crippen LogP contribution >= 0.6 is 11.3 Å². The van der Waals surface area contributed by atoms with Crippen LogP contribution in [0.1, 0.15) is 17.2 Å². The van der Waals surface area contributed by atoms with E-state index >= 15 is 0 Å². The Balaban J connectivity index is 2.07. The van der Waals surface area contributed by atoms with Crippen LogP contribution in [0, 0.1) is 21.4 Å². The van der Waals surface area contributed by atoms with Crippen LogP contribution in [0.25, 0.3) is 0 Å². The normalized spacial score (nSPS) is 11.6. The molecule has 6 nitrogen and oxygen atoms in total. The summed E-state index contributed by atoms with van der Waals surface area (Å²) in [5.74, 6) is 0. The summed E-state index contributed by atoms with van der Waals surface area (Å²) in [4.78, 5) is 10.1. The molecule has 1 aromatic carbocycles. The zero-order valence-corrected chi connectivity index (χ0v) is 11.1. The molecule has 0 aliphatic rings. The number of anilines is 1. The maximum Gasteiger partial charge on any atom is 0.287 e. The predicted octanol–water partition coefficient (Wildman–Crippen LogP) is 2.67. The van der Waals surface area contributed by atoms with Gasteiger partial charge in [-0.25, -0.2) is 0 Å². The number of hydrogen-bond donors (Lipinski definition) is 2. The van der Waals surface area contributed by atoms with E-state index in [0.29, 0.717) is 5.69 Å². The van der Waals surface area contributed by atoms with E-state index in [4.69, 9.17) is 5.26 Å². The minimum absolute atomic E-state index is 0.00924. The highest BCUT2D eigenvalue weighted by molar-refractivity contribution is 7.07. The van der Waals surface area contributed by atoms with Crippen molar-refractivity contribution in [3.05, 3.63) is 56.3 Å². The van der Waals surface area contributed by atoms with Crippen LogP contribution in [-0.2, 0) is 0 Å². The largest absolute Gasteiger partial charge is 0.387 e. The summed E-state index contributed by atoms with van der Waals surface area (Å²) in [5, 5.41) is 36.2. The maximum atomic E-state index is 10.7. The van der Waals surface area contributed by atoms with Crippen molar-refractivity contribution >= 4 is 22.7 Å². The molecule has 1 unspecified atom stereocenters. The van der Waals surface area contributed by atoms with E-state index in [1.165, 1.54) is 29.5 Å². The van der Waals surface area contributed by atoms with E-state index < -0.39 is 11.0 Å². The Labute approximate surface area is 119 Å². The van der Waals surface area contributed by atoms with Gasteiger partial charge in [0, 0.05) is 18.3 Å². The molecular weight excluding hydrogens is 278 g/mol. The number of benzene rings is 1. The zero-order chi connectivity index (χ0) is 14.5. The smallest absolute Gasteiger partial charge is 0.287 e. The fraction of sp³-hybridized carbons (Fsp3) is 0.154. The molecule has 0 aliphatic heterocycles. The van der Waals surface area contributed by atoms with Crippen LogP contribution < -0.4 is 5.32 Å². The minimum atomic E-state index is -0.665. The van der Waals surface area contributed by atoms with E-state index in [0.717, 1.165) is 5.56 Å². The number of rotatable bonds is 5. The molecule has 0 aliphatic carbocycles. The van der Waals surface area contributed by atoms with Gasteiger partial charge in [0.1, 0.15) is 11.6 Å². The molecule has 1 aromatic heterocycles. The molecule has 0 spiro atoms. The standard InChI is InChI=1S/C13H11N3O3S/c14-6-10-5-11(1-2-12(10)16(18)19)15-7-13(17)9-3-4-20-8-9/h1-5,8,13,15,17H,7H2. The van der Waals surface area contributed by atoms with Gasteiger partial charge in [-0.15, -0.1) is 0 Å². The first-order valence-corrected chi connectivity index (χ1v) is 6.68. The van der Waals surface area contributed by atoms with Gasteiger partial charge in [-0.05, 0) is 34.5 Å². The number of aliphatic hydroxyl groups excluding tert-OH is 1. The first kappa shape index (κ1) is 14.0. The Kier molecular flexibility index (Phi) is 4.30. The highest BCUT2D eigenvalue weighted by Crippen LogP contribution is 2.23. The predicted molar refractivity (Wildman–Crippen MR) is 75.6 cm³/mol. The fourth-order valence-corrected chi connectivity index (χ4v) is 2.40. The lowest BCUT2D eigenvalue weighted by Crippen LogP contribution is -2.11. The van der Waals surface area contributed by atoms with Crippen molar-refractivity contribution in [2.45, 2.75) is 6.10 Å².